The minimum absolute atomic E-state index is 0.0200. The van der Waals surface area contributed by atoms with Crippen molar-refractivity contribution in [1.82, 2.24) is 5.43 Å². The lowest BCUT2D eigenvalue weighted by Crippen LogP contribution is -2.25. The van der Waals surface area contributed by atoms with E-state index in [1.165, 1.54) is 13.3 Å². The molecule has 7 heteroatoms. The Balaban J connectivity index is 1.90. The summed E-state index contributed by atoms with van der Waals surface area (Å²) in [6, 6.07) is 11.0. The number of benzene rings is 2. The zero-order valence-corrected chi connectivity index (χ0v) is 14.9. The smallest absolute Gasteiger partial charge is 0.259 e. The van der Waals surface area contributed by atoms with Crippen LogP contribution in [0.25, 0.3) is 0 Å². The van der Waals surface area contributed by atoms with Crippen LogP contribution in [-0.4, -0.2) is 30.9 Å². The Labute approximate surface area is 148 Å². The maximum atomic E-state index is 11.8. The van der Waals surface area contributed by atoms with Crippen LogP contribution in [0.15, 0.2) is 46.0 Å². The van der Waals surface area contributed by atoms with Gasteiger partial charge in [0.15, 0.2) is 0 Å². The third-order valence-electron chi connectivity index (χ3n) is 3.20. The average molecular weight is 392 g/mol. The average Bonchev–Trinajstić information content (AvgIpc) is 2.58. The van der Waals surface area contributed by atoms with E-state index in [0.717, 1.165) is 11.3 Å². The quantitative estimate of drug-likeness (QED) is 0.521. The number of amides is 1. The first-order chi connectivity index (χ1) is 11.5. The van der Waals surface area contributed by atoms with Gasteiger partial charge in [-0.05, 0) is 47.1 Å². The molecule has 126 valence electrons. The Bertz CT molecular complexity index is 745. The number of carbonyl (C=O) groups excluding carboxylic acids is 1. The van der Waals surface area contributed by atoms with Crippen LogP contribution in [0.3, 0.4) is 0 Å². The zero-order valence-electron chi connectivity index (χ0n) is 13.3. The first kappa shape index (κ1) is 17.8. The minimum atomic E-state index is -0.298. The van der Waals surface area contributed by atoms with Crippen molar-refractivity contribution in [2.24, 2.45) is 5.10 Å². The molecule has 6 nitrogen and oxygen atoms in total. The van der Waals surface area contributed by atoms with Crippen LogP contribution in [0.4, 0.5) is 5.69 Å². The first-order valence-electron chi connectivity index (χ1n) is 7.18. The number of ether oxygens (including phenoxy) is 1. The Morgan fingerprint density at radius 2 is 2.04 bits per heavy atom. The number of phenolic OH excluding ortho intramolecular Hbond substituents is 1. The van der Waals surface area contributed by atoms with Gasteiger partial charge in [-0.1, -0.05) is 17.7 Å². The van der Waals surface area contributed by atoms with Gasteiger partial charge < -0.3 is 15.2 Å². The van der Waals surface area contributed by atoms with Gasteiger partial charge >= 0.3 is 0 Å². The molecular formula is C17H18BrN3O3. The van der Waals surface area contributed by atoms with Crippen molar-refractivity contribution in [3.63, 3.8) is 0 Å². The highest BCUT2D eigenvalue weighted by Crippen LogP contribution is 2.31. The number of carbonyl (C=O) groups is 1. The monoisotopic (exact) mass is 391 g/mol. The van der Waals surface area contributed by atoms with E-state index in [4.69, 9.17) is 4.74 Å². The highest BCUT2D eigenvalue weighted by Gasteiger charge is 2.07. The van der Waals surface area contributed by atoms with Gasteiger partial charge in [0.25, 0.3) is 5.91 Å². The molecule has 0 spiro atoms. The number of hydrogen-bond donors (Lipinski definition) is 3. The van der Waals surface area contributed by atoms with Crippen LogP contribution in [0.1, 0.15) is 11.1 Å². The van der Waals surface area contributed by atoms with Crippen LogP contribution in [0.5, 0.6) is 11.5 Å². The summed E-state index contributed by atoms with van der Waals surface area (Å²) < 4.78 is 5.60. The van der Waals surface area contributed by atoms with Gasteiger partial charge in [0.2, 0.25) is 0 Å². The van der Waals surface area contributed by atoms with Gasteiger partial charge in [-0.25, -0.2) is 5.43 Å². The van der Waals surface area contributed by atoms with Crippen LogP contribution < -0.4 is 15.5 Å². The molecule has 0 saturated heterocycles. The van der Waals surface area contributed by atoms with E-state index in [9.17, 15) is 9.90 Å². The van der Waals surface area contributed by atoms with E-state index in [1.54, 1.807) is 12.1 Å². The second-order valence-electron chi connectivity index (χ2n) is 5.06. The second kappa shape index (κ2) is 8.35. The molecule has 0 unspecified atom stereocenters. The summed E-state index contributed by atoms with van der Waals surface area (Å²) in [6.45, 7) is 2.09. The van der Waals surface area contributed by atoms with Gasteiger partial charge in [-0.3, -0.25) is 4.79 Å². The molecule has 3 N–H and O–H groups in total. The number of hydrogen-bond acceptors (Lipinski definition) is 5. The lowest BCUT2D eigenvalue weighted by molar-refractivity contribution is -0.119. The SMILES string of the molecule is COc1cc(Br)c(O)c(/C=N\NC(=O)CNc2ccc(C)cc2)c1. The molecule has 0 aliphatic heterocycles. The van der Waals surface area contributed by atoms with Crippen molar-refractivity contribution in [2.45, 2.75) is 6.92 Å². The molecule has 0 atom stereocenters. The number of rotatable bonds is 6. The third-order valence-corrected chi connectivity index (χ3v) is 3.80. The predicted molar refractivity (Wildman–Crippen MR) is 97.8 cm³/mol. The summed E-state index contributed by atoms with van der Waals surface area (Å²) in [5.41, 5.74) is 4.83. The fraction of sp³-hybridized carbons (Fsp3) is 0.176. The number of aromatic hydroxyl groups is 1. The molecule has 0 radical (unpaired) electrons. The van der Waals surface area contributed by atoms with E-state index in [-0.39, 0.29) is 18.2 Å². The highest BCUT2D eigenvalue weighted by atomic mass is 79.9. The summed E-state index contributed by atoms with van der Waals surface area (Å²) in [4.78, 5) is 11.8. The van der Waals surface area contributed by atoms with E-state index < -0.39 is 0 Å². The van der Waals surface area contributed by atoms with Crippen molar-refractivity contribution in [3.05, 3.63) is 52.0 Å². The molecule has 24 heavy (non-hydrogen) atoms. The molecule has 1 amide bonds. The van der Waals surface area contributed by atoms with E-state index in [1.807, 2.05) is 31.2 Å². The molecule has 0 aliphatic carbocycles. The summed E-state index contributed by atoms with van der Waals surface area (Å²) in [5, 5.41) is 16.8. The van der Waals surface area contributed by atoms with E-state index in [0.29, 0.717) is 15.8 Å². The normalized spacial score (nSPS) is 10.6. The summed E-state index contributed by atoms with van der Waals surface area (Å²) >= 11 is 3.23. The van der Waals surface area contributed by atoms with Gasteiger partial charge in [-0.15, -0.1) is 0 Å². The lowest BCUT2D eigenvalue weighted by Gasteiger charge is -2.07. The van der Waals surface area contributed by atoms with E-state index in [2.05, 4.69) is 31.8 Å². The number of aryl methyl sites for hydroxylation is 1. The predicted octanol–water partition coefficient (Wildman–Crippen LogP) is 3.03. The molecule has 0 aromatic heterocycles. The summed E-state index contributed by atoms with van der Waals surface area (Å²) in [5.74, 6) is 0.286. The molecular weight excluding hydrogens is 374 g/mol. The van der Waals surface area contributed by atoms with Crippen molar-refractivity contribution >= 4 is 33.7 Å². The number of anilines is 1. The fourth-order valence-corrected chi connectivity index (χ4v) is 2.33. The summed E-state index contributed by atoms with van der Waals surface area (Å²) in [6.07, 6.45) is 1.35. The Hall–Kier alpha value is -2.54. The molecule has 0 fully saturated rings. The fourth-order valence-electron chi connectivity index (χ4n) is 1.88. The molecule has 2 aromatic rings. The largest absolute Gasteiger partial charge is 0.506 e. The van der Waals surface area contributed by atoms with Gasteiger partial charge in [0, 0.05) is 11.3 Å². The Kier molecular flexibility index (Phi) is 6.20. The van der Waals surface area contributed by atoms with Crippen LogP contribution >= 0.6 is 15.9 Å². The minimum Gasteiger partial charge on any atom is -0.506 e. The Morgan fingerprint density at radius 1 is 1.33 bits per heavy atom. The lowest BCUT2D eigenvalue weighted by atomic mass is 10.2. The Morgan fingerprint density at radius 3 is 2.71 bits per heavy atom. The molecule has 0 saturated carbocycles. The van der Waals surface area contributed by atoms with Crippen molar-refractivity contribution < 1.29 is 14.6 Å². The molecule has 2 rings (SSSR count). The standard InChI is InChI=1S/C17H18BrN3O3/c1-11-3-5-13(6-4-11)19-10-16(22)21-20-9-12-7-14(24-2)8-15(18)17(12)23/h3-9,19,23H,10H2,1-2H3,(H,21,22)/b20-9-. The molecule has 0 aliphatic rings. The van der Waals surface area contributed by atoms with E-state index >= 15 is 0 Å². The van der Waals surface area contributed by atoms with Crippen molar-refractivity contribution in [3.8, 4) is 11.5 Å². The molecule has 2 aromatic carbocycles. The number of hydrazone groups is 1. The van der Waals surface area contributed by atoms with Crippen LogP contribution in [0, 0.1) is 6.92 Å². The molecule has 0 bridgehead atoms. The summed E-state index contributed by atoms with van der Waals surface area (Å²) in [7, 11) is 1.53. The number of nitrogens with zero attached hydrogens (tertiary/aromatic N) is 1. The number of methoxy groups -OCH3 is 1. The van der Waals surface area contributed by atoms with Gasteiger partial charge in [0.1, 0.15) is 11.5 Å². The second-order valence-corrected chi connectivity index (χ2v) is 5.91. The van der Waals surface area contributed by atoms with Crippen molar-refractivity contribution in [1.29, 1.82) is 0 Å². The number of phenols is 1. The van der Waals surface area contributed by atoms with Gasteiger partial charge in [-0.2, -0.15) is 5.10 Å². The first-order valence-corrected chi connectivity index (χ1v) is 7.98. The highest BCUT2D eigenvalue weighted by molar-refractivity contribution is 9.10. The zero-order chi connectivity index (χ0) is 17.5. The maximum Gasteiger partial charge on any atom is 0.259 e. The molecule has 0 heterocycles. The van der Waals surface area contributed by atoms with Crippen molar-refractivity contribution in [2.75, 3.05) is 19.0 Å². The van der Waals surface area contributed by atoms with Crippen LogP contribution in [-0.2, 0) is 4.79 Å². The maximum absolute atomic E-state index is 11.8. The number of halogens is 1. The van der Waals surface area contributed by atoms with Gasteiger partial charge in [0.05, 0.1) is 24.3 Å². The van der Waals surface area contributed by atoms with Crippen LogP contribution in [0.2, 0.25) is 0 Å². The topological polar surface area (TPSA) is 83.0 Å². The third kappa shape index (κ3) is 4.99. The number of nitrogens with one attached hydrogen (secondary N) is 2.